The summed E-state index contributed by atoms with van der Waals surface area (Å²) in [6, 6.07) is 1.96. The third-order valence-corrected chi connectivity index (χ3v) is 3.39. The van der Waals surface area contributed by atoms with Gasteiger partial charge in [0.15, 0.2) is 5.78 Å². The fourth-order valence-electron chi connectivity index (χ4n) is 1.02. The lowest BCUT2D eigenvalue weighted by atomic mass is 10.2. The van der Waals surface area contributed by atoms with Crippen LogP contribution in [0.4, 0.5) is 0 Å². The van der Waals surface area contributed by atoms with Crippen molar-refractivity contribution in [3.05, 3.63) is 20.8 Å². The second-order valence-corrected chi connectivity index (χ2v) is 4.90. The van der Waals surface area contributed by atoms with Crippen LogP contribution in [0.2, 0.25) is 0 Å². The predicted octanol–water partition coefficient (Wildman–Crippen LogP) is 2.29. The van der Waals surface area contributed by atoms with E-state index in [-0.39, 0.29) is 12.4 Å². The van der Waals surface area contributed by atoms with Gasteiger partial charge in [-0.25, -0.2) is 0 Å². The number of methoxy groups -OCH3 is 1. The van der Waals surface area contributed by atoms with Gasteiger partial charge < -0.3 is 9.47 Å². The molecule has 1 heterocycles. The standard InChI is InChI=1S/C10H13BrO3S/c1-13-2-3-14-6-9(12)5-10-4-8(11)7-15-10/h4,7H,2-3,5-6H2,1H3. The number of carbonyl (C=O) groups excluding carboxylic acids is 1. The van der Waals surface area contributed by atoms with Gasteiger partial charge in [0.25, 0.3) is 0 Å². The molecular weight excluding hydrogens is 280 g/mol. The van der Waals surface area contributed by atoms with Crippen LogP contribution in [0, 0.1) is 0 Å². The monoisotopic (exact) mass is 292 g/mol. The molecule has 5 heteroatoms. The number of rotatable bonds is 7. The molecule has 0 fully saturated rings. The van der Waals surface area contributed by atoms with E-state index >= 15 is 0 Å². The van der Waals surface area contributed by atoms with Gasteiger partial charge in [0.1, 0.15) is 6.61 Å². The number of thiophene rings is 1. The normalized spacial score (nSPS) is 10.5. The van der Waals surface area contributed by atoms with Crippen LogP contribution in [-0.2, 0) is 20.7 Å². The Labute approximate surface area is 102 Å². The van der Waals surface area contributed by atoms with Crippen LogP contribution in [0.15, 0.2) is 15.9 Å². The topological polar surface area (TPSA) is 35.5 Å². The van der Waals surface area contributed by atoms with E-state index in [2.05, 4.69) is 15.9 Å². The molecule has 0 aliphatic heterocycles. The van der Waals surface area contributed by atoms with Crippen molar-refractivity contribution < 1.29 is 14.3 Å². The molecule has 0 spiro atoms. The smallest absolute Gasteiger partial charge is 0.163 e. The predicted molar refractivity (Wildman–Crippen MR) is 63.4 cm³/mol. The molecule has 15 heavy (non-hydrogen) atoms. The number of ether oxygens (including phenoxy) is 2. The van der Waals surface area contributed by atoms with Crippen LogP contribution in [0.5, 0.6) is 0 Å². The van der Waals surface area contributed by atoms with Crippen LogP contribution < -0.4 is 0 Å². The van der Waals surface area contributed by atoms with Crippen LogP contribution in [0.3, 0.4) is 0 Å². The summed E-state index contributed by atoms with van der Waals surface area (Å²) in [4.78, 5) is 12.5. The van der Waals surface area contributed by atoms with E-state index in [0.29, 0.717) is 19.6 Å². The van der Waals surface area contributed by atoms with Gasteiger partial charge in [-0.2, -0.15) is 0 Å². The van der Waals surface area contributed by atoms with Gasteiger partial charge in [0.2, 0.25) is 0 Å². The molecule has 3 nitrogen and oxygen atoms in total. The highest BCUT2D eigenvalue weighted by Gasteiger charge is 2.05. The quantitative estimate of drug-likeness (QED) is 0.724. The van der Waals surface area contributed by atoms with Crippen molar-refractivity contribution in [3.8, 4) is 0 Å². The molecular formula is C10H13BrO3S. The molecule has 0 aliphatic carbocycles. The number of hydrogen-bond acceptors (Lipinski definition) is 4. The summed E-state index contributed by atoms with van der Waals surface area (Å²) >= 11 is 4.92. The Morgan fingerprint density at radius 2 is 2.33 bits per heavy atom. The molecule has 1 aromatic rings. The van der Waals surface area contributed by atoms with Crippen molar-refractivity contribution in [1.82, 2.24) is 0 Å². The number of carbonyl (C=O) groups is 1. The fraction of sp³-hybridized carbons (Fsp3) is 0.500. The molecule has 0 N–H and O–H groups in total. The maximum Gasteiger partial charge on any atom is 0.163 e. The maximum atomic E-state index is 11.4. The van der Waals surface area contributed by atoms with Gasteiger partial charge in [-0.05, 0) is 22.0 Å². The lowest BCUT2D eigenvalue weighted by Gasteiger charge is -2.01. The van der Waals surface area contributed by atoms with Crippen molar-refractivity contribution in [1.29, 1.82) is 0 Å². The van der Waals surface area contributed by atoms with E-state index in [9.17, 15) is 4.79 Å². The molecule has 1 rings (SSSR count). The molecule has 0 atom stereocenters. The second-order valence-electron chi connectivity index (χ2n) is 2.99. The van der Waals surface area contributed by atoms with Crippen LogP contribution in [-0.4, -0.2) is 32.7 Å². The Balaban J connectivity index is 2.18. The summed E-state index contributed by atoms with van der Waals surface area (Å²) in [6.45, 7) is 1.16. The van der Waals surface area contributed by atoms with E-state index in [1.165, 1.54) is 0 Å². The summed E-state index contributed by atoms with van der Waals surface area (Å²) in [5.41, 5.74) is 0. The molecule has 0 aromatic carbocycles. The summed E-state index contributed by atoms with van der Waals surface area (Å²) in [5.74, 6) is 0.0976. The highest BCUT2D eigenvalue weighted by atomic mass is 79.9. The molecule has 0 bridgehead atoms. The Kier molecular flexibility index (Phi) is 6.09. The van der Waals surface area contributed by atoms with E-state index < -0.39 is 0 Å². The molecule has 0 unspecified atom stereocenters. The maximum absolute atomic E-state index is 11.4. The SMILES string of the molecule is COCCOCC(=O)Cc1cc(Br)cs1. The molecule has 0 aliphatic rings. The van der Waals surface area contributed by atoms with Gasteiger partial charge in [-0.3, -0.25) is 4.79 Å². The first-order valence-electron chi connectivity index (χ1n) is 4.53. The van der Waals surface area contributed by atoms with E-state index in [4.69, 9.17) is 9.47 Å². The minimum Gasteiger partial charge on any atom is -0.382 e. The number of ketones is 1. The number of Topliss-reactive ketones (excluding diaryl/α,β-unsaturated/α-hetero) is 1. The van der Waals surface area contributed by atoms with Crippen LogP contribution in [0.1, 0.15) is 4.88 Å². The van der Waals surface area contributed by atoms with E-state index in [0.717, 1.165) is 9.35 Å². The first kappa shape index (κ1) is 12.8. The molecule has 0 saturated carbocycles. The molecule has 0 amide bonds. The van der Waals surface area contributed by atoms with Crippen LogP contribution in [0.25, 0.3) is 0 Å². The first-order valence-corrected chi connectivity index (χ1v) is 6.21. The third kappa shape index (κ3) is 5.41. The Morgan fingerprint density at radius 3 is 2.93 bits per heavy atom. The van der Waals surface area contributed by atoms with Crippen molar-refractivity contribution in [2.24, 2.45) is 0 Å². The highest BCUT2D eigenvalue weighted by Crippen LogP contribution is 2.20. The minimum absolute atomic E-state index is 0.0976. The molecule has 0 radical (unpaired) electrons. The Morgan fingerprint density at radius 1 is 1.53 bits per heavy atom. The van der Waals surface area contributed by atoms with Crippen LogP contribution >= 0.6 is 27.3 Å². The Hall–Kier alpha value is -0.230. The lowest BCUT2D eigenvalue weighted by molar-refractivity contribution is -0.123. The van der Waals surface area contributed by atoms with Crippen molar-refractivity contribution in [2.45, 2.75) is 6.42 Å². The van der Waals surface area contributed by atoms with Gasteiger partial charge in [-0.15, -0.1) is 11.3 Å². The van der Waals surface area contributed by atoms with Gasteiger partial charge in [0, 0.05) is 28.3 Å². The molecule has 0 saturated heterocycles. The van der Waals surface area contributed by atoms with Gasteiger partial charge >= 0.3 is 0 Å². The highest BCUT2D eigenvalue weighted by molar-refractivity contribution is 9.10. The zero-order valence-electron chi connectivity index (χ0n) is 8.49. The zero-order valence-corrected chi connectivity index (χ0v) is 10.9. The molecule has 84 valence electrons. The van der Waals surface area contributed by atoms with E-state index in [1.54, 1.807) is 18.4 Å². The van der Waals surface area contributed by atoms with Crippen molar-refractivity contribution >= 4 is 33.0 Å². The third-order valence-electron chi connectivity index (χ3n) is 1.69. The second kappa shape index (κ2) is 7.11. The minimum atomic E-state index is 0.0976. The average molecular weight is 293 g/mol. The number of hydrogen-bond donors (Lipinski definition) is 0. The molecule has 1 aromatic heterocycles. The van der Waals surface area contributed by atoms with Crippen molar-refractivity contribution in [3.63, 3.8) is 0 Å². The summed E-state index contributed by atoms with van der Waals surface area (Å²) in [5, 5.41) is 1.97. The van der Waals surface area contributed by atoms with Crippen molar-refractivity contribution in [2.75, 3.05) is 26.9 Å². The number of halogens is 1. The van der Waals surface area contributed by atoms with E-state index in [1.807, 2.05) is 11.4 Å². The lowest BCUT2D eigenvalue weighted by Crippen LogP contribution is -2.13. The Bertz CT molecular complexity index is 311. The fourth-order valence-corrected chi connectivity index (χ4v) is 2.50. The zero-order chi connectivity index (χ0) is 11.1. The largest absolute Gasteiger partial charge is 0.382 e. The summed E-state index contributed by atoms with van der Waals surface area (Å²) in [7, 11) is 1.61. The first-order chi connectivity index (χ1) is 7.22. The van der Waals surface area contributed by atoms with Gasteiger partial charge in [0.05, 0.1) is 13.2 Å². The summed E-state index contributed by atoms with van der Waals surface area (Å²) < 4.78 is 11.0. The summed E-state index contributed by atoms with van der Waals surface area (Å²) in [6.07, 6.45) is 0.448. The average Bonchev–Trinajstić information content (AvgIpc) is 2.59. The van der Waals surface area contributed by atoms with Gasteiger partial charge in [-0.1, -0.05) is 0 Å².